The molecule has 140 valence electrons. The van der Waals surface area contributed by atoms with Crippen LogP contribution in [0.2, 0.25) is 5.02 Å². The van der Waals surface area contributed by atoms with Crippen molar-refractivity contribution in [3.63, 3.8) is 0 Å². The maximum absolute atomic E-state index is 12.4. The van der Waals surface area contributed by atoms with Crippen LogP contribution in [0, 0.1) is 5.92 Å². The minimum Gasteiger partial charge on any atom is -0.423 e. The van der Waals surface area contributed by atoms with E-state index in [2.05, 4.69) is 15.2 Å². The van der Waals surface area contributed by atoms with Crippen molar-refractivity contribution < 1.29 is 18.7 Å². The molecule has 2 aromatic rings. The lowest BCUT2D eigenvalue weighted by atomic mass is 9.96. The number of hydrogen-bond acceptors (Lipinski definition) is 6. The van der Waals surface area contributed by atoms with Crippen molar-refractivity contribution in [2.75, 3.05) is 44.4 Å². The number of amides is 1. The molecule has 0 radical (unpaired) electrons. The predicted octanol–water partition coefficient (Wildman–Crippen LogP) is 2.23. The zero-order chi connectivity index (χ0) is 17.9. The zero-order valence-corrected chi connectivity index (χ0v) is 15.2. The van der Waals surface area contributed by atoms with Crippen LogP contribution >= 0.6 is 11.6 Å². The number of benzene rings is 1. The minimum absolute atomic E-state index is 0.00887. The third-order valence-corrected chi connectivity index (χ3v) is 5.10. The number of nitrogens with zero attached hydrogens (tertiary/aromatic N) is 2. The van der Waals surface area contributed by atoms with Gasteiger partial charge in [0.2, 0.25) is 5.91 Å². The molecule has 3 heterocycles. The summed E-state index contributed by atoms with van der Waals surface area (Å²) in [5, 5.41) is 3.62. The lowest BCUT2D eigenvalue weighted by Gasteiger charge is -2.30. The number of oxazole rings is 1. The molecule has 26 heavy (non-hydrogen) atoms. The number of halogens is 1. The molecule has 0 saturated carbocycles. The van der Waals surface area contributed by atoms with Gasteiger partial charge in [-0.3, -0.25) is 4.79 Å². The normalized spacial score (nSPS) is 21.9. The van der Waals surface area contributed by atoms with E-state index in [1.807, 2.05) is 6.07 Å². The van der Waals surface area contributed by atoms with Gasteiger partial charge in [-0.2, -0.15) is 4.98 Å². The van der Waals surface area contributed by atoms with Crippen molar-refractivity contribution in [1.29, 1.82) is 0 Å². The van der Waals surface area contributed by atoms with Gasteiger partial charge in [0.25, 0.3) is 6.01 Å². The molecular weight excluding hydrogens is 358 g/mol. The fourth-order valence-corrected chi connectivity index (χ4v) is 3.53. The maximum atomic E-state index is 12.4. The molecule has 2 fully saturated rings. The number of rotatable bonds is 4. The van der Waals surface area contributed by atoms with Crippen LogP contribution in [-0.2, 0) is 14.3 Å². The molecule has 1 aromatic heterocycles. The third-order valence-electron chi connectivity index (χ3n) is 4.86. The molecule has 1 atom stereocenters. The van der Waals surface area contributed by atoms with E-state index in [4.69, 9.17) is 25.5 Å². The monoisotopic (exact) mass is 379 g/mol. The molecule has 1 amide bonds. The molecule has 8 heteroatoms. The van der Waals surface area contributed by atoms with Crippen molar-refractivity contribution in [2.24, 2.45) is 5.92 Å². The number of fused-ring (bicyclic) bond motifs is 1. The fourth-order valence-electron chi connectivity index (χ4n) is 3.37. The topological polar surface area (TPSA) is 76.8 Å². The van der Waals surface area contributed by atoms with Gasteiger partial charge >= 0.3 is 0 Å². The van der Waals surface area contributed by atoms with Gasteiger partial charge in [-0.25, -0.2) is 0 Å². The first-order valence-corrected chi connectivity index (χ1v) is 9.35. The molecule has 1 aromatic carbocycles. The van der Waals surface area contributed by atoms with Crippen LogP contribution in [0.4, 0.5) is 6.01 Å². The fraction of sp³-hybridized carbons (Fsp3) is 0.556. The molecule has 2 aliphatic heterocycles. The number of aromatic nitrogens is 1. The van der Waals surface area contributed by atoms with Gasteiger partial charge in [0, 0.05) is 36.6 Å². The Kier molecular flexibility index (Phi) is 5.28. The molecule has 0 aliphatic carbocycles. The Morgan fingerprint density at radius 3 is 2.92 bits per heavy atom. The molecule has 0 spiro atoms. The second kappa shape index (κ2) is 7.82. The average Bonchev–Trinajstić information content (AvgIpc) is 3.10. The zero-order valence-electron chi connectivity index (χ0n) is 14.4. The van der Waals surface area contributed by atoms with Crippen LogP contribution in [0.3, 0.4) is 0 Å². The van der Waals surface area contributed by atoms with Crippen molar-refractivity contribution in [1.82, 2.24) is 10.3 Å². The van der Waals surface area contributed by atoms with Gasteiger partial charge in [0.1, 0.15) is 5.52 Å². The predicted molar refractivity (Wildman–Crippen MR) is 97.5 cm³/mol. The van der Waals surface area contributed by atoms with Gasteiger partial charge in [0.05, 0.1) is 25.9 Å². The summed E-state index contributed by atoms with van der Waals surface area (Å²) in [7, 11) is 0. The second-order valence-electron chi connectivity index (χ2n) is 6.68. The minimum atomic E-state index is -0.0423. The van der Waals surface area contributed by atoms with E-state index in [-0.39, 0.29) is 17.9 Å². The van der Waals surface area contributed by atoms with Crippen LogP contribution in [0.5, 0.6) is 0 Å². The largest absolute Gasteiger partial charge is 0.423 e. The van der Waals surface area contributed by atoms with E-state index < -0.39 is 0 Å². The first-order chi connectivity index (χ1) is 12.7. The standard InChI is InChI=1S/C18H22ClN3O4/c19-13-1-2-15-16(9-13)26-18(21-15)22-5-3-12(4-6-22)17(23)20-10-14-11-24-7-8-25-14/h1-2,9,12,14H,3-8,10-11H2,(H,20,23). The number of ether oxygens (including phenoxy) is 2. The van der Waals surface area contributed by atoms with E-state index in [1.165, 1.54) is 0 Å². The summed E-state index contributed by atoms with van der Waals surface area (Å²) in [5.41, 5.74) is 1.47. The van der Waals surface area contributed by atoms with Gasteiger partial charge in [-0.05, 0) is 25.0 Å². The van der Waals surface area contributed by atoms with Crippen LogP contribution < -0.4 is 10.2 Å². The highest BCUT2D eigenvalue weighted by atomic mass is 35.5. The molecule has 1 unspecified atom stereocenters. The molecule has 1 N–H and O–H groups in total. The van der Waals surface area contributed by atoms with Gasteiger partial charge in [-0.15, -0.1) is 0 Å². The van der Waals surface area contributed by atoms with Crippen LogP contribution in [0.25, 0.3) is 11.1 Å². The van der Waals surface area contributed by atoms with E-state index in [0.29, 0.717) is 43.0 Å². The smallest absolute Gasteiger partial charge is 0.298 e. The third kappa shape index (κ3) is 3.95. The van der Waals surface area contributed by atoms with Gasteiger partial charge < -0.3 is 24.1 Å². The summed E-state index contributed by atoms with van der Waals surface area (Å²) in [6, 6.07) is 6.01. The molecule has 2 saturated heterocycles. The number of carbonyl (C=O) groups excluding carboxylic acids is 1. The van der Waals surface area contributed by atoms with Crippen LogP contribution in [0.1, 0.15) is 12.8 Å². The maximum Gasteiger partial charge on any atom is 0.298 e. The molecule has 7 nitrogen and oxygen atoms in total. The summed E-state index contributed by atoms with van der Waals surface area (Å²) in [6.45, 7) is 3.74. The molecule has 4 rings (SSSR count). The summed E-state index contributed by atoms with van der Waals surface area (Å²) in [6.07, 6.45) is 1.50. The van der Waals surface area contributed by atoms with Crippen LogP contribution in [0.15, 0.2) is 22.6 Å². The summed E-state index contributed by atoms with van der Waals surface area (Å²) in [4.78, 5) is 19.0. The first-order valence-electron chi connectivity index (χ1n) is 8.97. The highest BCUT2D eigenvalue weighted by Crippen LogP contribution is 2.28. The quantitative estimate of drug-likeness (QED) is 0.877. The van der Waals surface area contributed by atoms with E-state index in [0.717, 1.165) is 31.4 Å². The molecule has 0 bridgehead atoms. The molecular formula is C18H22ClN3O4. The summed E-state index contributed by atoms with van der Waals surface area (Å²) < 4.78 is 16.7. The lowest BCUT2D eigenvalue weighted by Crippen LogP contribution is -2.44. The van der Waals surface area contributed by atoms with Crippen molar-refractivity contribution in [3.05, 3.63) is 23.2 Å². The number of anilines is 1. The average molecular weight is 380 g/mol. The van der Waals surface area contributed by atoms with Gasteiger partial charge in [0.15, 0.2) is 5.58 Å². The Morgan fingerprint density at radius 2 is 2.15 bits per heavy atom. The Hall–Kier alpha value is -1.83. The van der Waals surface area contributed by atoms with Crippen molar-refractivity contribution in [3.8, 4) is 0 Å². The highest BCUT2D eigenvalue weighted by molar-refractivity contribution is 6.31. The Balaban J connectivity index is 1.29. The van der Waals surface area contributed by atoms with Crippen molar-refractivity contribution >= 4 is 34.6 Å². The molecule has 2 aliphatic rings. The Bertz CT molecular complexity index is 767. The summed E-state index contributed by atoms with van der Waals surface area (Å²) >= 11 is 5.99. The van der Waals surface area contributed by atoms with E-state index in [9.17, 15) is 4.79 Å². The SMILES string of the molecule is O=C(NCC1COCCO1)C1CCN(c2nc3ccc(Cl)cc3o2)CC1. The van der Waals surface area contributed by atoms with Crippen molar-refractivity contribution in [2.45, 2.75) is 18.9 Å². The van der Waals surface area contributed by atoms with Crippen LogP contribution in [-0.4, -0.2) is 56.5 Å². The number of piperidine rings is 1. The van der Waals surface area contributed by atoms with E-state index >= 15 is 0 Å². The Morgan fingerprint density at radius 1 is 1.31 bits per heavy atom. The Labute approximate surface area is 156 Å². The number of hydrogen-bond donors (Lipinski definition) is 1. The highest BCUT2D eigenvalue weighted by Gasteiger charge is 2.28. The number of nitrogens with one attached hydrogen (secondary N) is 1. The van der Waals surface area contributed by atoms with Gasteiger partial charge in [-0.1, -0.05) is 11.6 Å². The lowest BCUT2D eigenvalue weighted by molar-refractivity contribution is -0.128. The van der Waals surface area contributed by atoms with E-state index in [1.54, 1.807) is 12.1 Å². The summed E-state index contributed by atoms with van der Waals surface area (Å²) in [5.74, 6) is 0.0951. The number of carbonyl (C=O) groups is 1. The first kappa shape index (κ1) is 17.6. The second-order valence-corrected chi connectivity index (χ2v) is 7.12.